The SMILES string of the molecule is O=C(NC1(C(=O)NC(Cc2ccc(-c3cccs3)nc2)C(=O)O)CCCC1)C(S)CC1CCCCC1. The molecule has 2 heterocycles. The number of carboxylic acid groups (broad SMARTS) is 1. The van der Waals surface area contributed by atoms with Crippen LogP contribution in [0.5, 0.6) is 0 Å². The maximum absolute atomic E-state index is 13.4. The van der Waals surface area contributed by atoms with Gasteiger partial charge < -0.3 is 15.7 Å². The first kappa shape index (κ1) is 26.7. The number of aromatic nitrogens is 1. The van der Waals surface area contributed by atoms with Gasteiger partial charge in [-0.05, 0) is 48.3 Å². The molecule has 0 aliphatic heterocycles. The van der Waals surface area contributed by atoms with Crippen LogP contribution in [0.25, 0.3) is 10.6 Å². The van der Waals surface area contributed by atoms with E-state index in [1.807, 2.05) is 29.6 Å². The van der Waals surface area contributed by atoms with Crippen LogP contribution in [0, 0.1) is 5.92 Å². The lowest BCUT2D eigenvalue weighted by Gasteiger charge is -2.32. The number of rotatable bonds is 10. The molecule has 0 spiro atoms. The van der Waals surface area contributed by atoms with Gasteiger partial charge >= 0.3 is 5.97 Å². The van der Waals surface area contributed by atoms with E-state index < -0.39 is 28.7 Å². The van der Waals surface area contributed by atoms with Crippen molar-refractivity contribution in [2.45, 2.75) is 87.5 Å². The smallest absolute Gasteiger partial charge is 0.326 e. The molecule has 0 aromatic carbocycles. The van der Waals surface area contributed by atoms with Crippen LogP contribution >= 0.6 is 24.0 Å². The molecule has 2 aromatic rings. The molecular weight excluding hydrogens is 494 g/mol. The molecule has 9 heteroatoms. The van der Waals surface area contributed by atoms with Gasteiger partial charge in [-0.3, -0.25) is 14.6 Å². The summed E-state index contributed by atoms with van der Waals surface area (Å²) < 4.78 is 0. The topological polar surface area (TPSA) is 108 Å². The number of carbonyl (C=O) groups is 3. The third kappa shape index (κ3) is 6.68. The van der Waals surface area contributed by atoms with Crippen LogP contribution in [0.3, 0.4) is 0 Å². The molecule has 0 radical (unpaired) electrons. The van der Waals surface area contributed by atoms with Crippen LogP contribution in [0.15, 0.2) is 35.8 Å². The lowest BCUT2D eigenvalue weighted by atomic mass is 9.85. The van der Waals surface area contributed by atoms with E-state index in [9.17, 15) is 19.5 Å². The lowest BCUT2D eigenvalue weighted by Crippen LogP contribution is -2.61. The van der Waals surface area contributed by atoms with Gasteiger partial charge in [-0.1, -0.05) is 57.1 Å². The second-order valence-corrected chi connectivity index (χ2v) is 11.7. The first-order valence-electron chi connectivity index (χ1n) is 12.9. The Morgan fingerprint density at radius 3 is 2.47 bits per heavy atom. The van der Waals surface area contributed by atoms with Crippen LogP contribution in [-0.4, -0.2) is 44.7 Å². The number of aliphatic carboxylic acids is 1. The Hall–Kier alpha value is -2.39. The summed E-state index contributed by atoms with van der Waals surface area (Å²) in [6.07, 6.45) is 11.0. The van der Waals surface area contributed by atoms with Gasteiger partial charge in [-0.2, -0.15) is 12.6 Å². The number of thiol groups is 1. The van der Waals surface area contributed by atoms with Crippen molar-refractivity contribution in [3.8, 4) is 10.6 Å². The van der Waals surface area contributed by atoms with Crippen molar-refractivity contribution < 1.29 is 19.5 Å². The van der Waals surface area contributed by atoms with E-state index in [-0.39, 0.29) is 12.3 Å². The van der Waals surface area contributed by atoms with E-state index in [0.29, 0.717) is 25.2 Å². The summed E-state index contributed by atoms with van der Waals surface area (Å²) in [5, 5.41) is 17.0. The molecule has 0 bridgehead atoms. The van der Waals surface area contributed by atoms with Gasteiger partial charge in [-0.25, -0.2) is 4.79 Å². The molecule has 7 nitrogen and oxygen atoms in total. The molecule has 2 atom stereocenters. The van der Waals surface area contributed by atoms with Gasteiger partial charge in [0.25, 0.3) is 0 Å². The Bertz CT molecular complexity index is 1030. The normalized spacial score (nSPS) is 19.4. The number of nitrogens with one attached hydrogen (secondary N) is 2. The molecule has 2 fully saturated rings. The van der Waals surface area contributed by atoms with E-state index in [4.69, 9.17) is 0 Å². The average Bonchev–Trinajstić information content (AvgIpc) is 3.58. The summed E-state index contributed by atoms with van der Waals surface area (Å²) in [5.74, 6) is -1.28. The number of pyridine rings is 1. The standard InChI is InChI=1S/C27H35N3O4S2/c31-24(22(35)16-18-7-2-1-3-8-18)30-27(12-4-5-13-27)26(34)29-21(25(32)33)15-19-10-11-20(28-17-19)23-9-6-14-36-23/h6,9-11,14,17-18,21-22,35H,1-5,7-8,12-13,15-16H2,(H,29,34)(H,30,31)(H,32,33). The van der Waals surface area contributed by atoms with Gasteiger partial charge in [-0.15, -0.1) is 11.3 Å². The molecule has 36 heavy (non-hydrogen) atoms. The molecule has 194 valence electrons. The van der Waals surface area contributed by atoms with Crippen molar-refractivity contribution in [1.29, 1.82) is 0 Å². The molecule has 4 rings (SSSR count). The third-order valence-electron chi connectivity index (χ3n) is 7.48. The summed E-state index contributed by atoms with van der Waals surface area (Å²) in [6, 6.07) is 6.52. The molecule has 0 saturated heterocycles. The predicted octanol–water partition coefficient (Wildman–Crippen LogP) is 4.62. The number of nitrogens with zero attached hydrogens (tertiary/aromatic N) is 1. The Morgan fingerprint density at radius 2 is 1.86 bits per heavy atom. The monoisotopic (exact) mass is 529 g/mol. The van der Waals surface area contributed by atoms with Crippen molar-refractivity contribution in [1.82, 2.24) is 15.6 Å². The number of hydrogen-bond acceptors (Lipinski definition) is 6. The Labute approximate surface area is 221 Å². The largest absolute Gasteiger partial charge is 0.480 e. The van der Waals surface area contributed by atoms with Crippen LogP contribution in [0.1, 0.15) is 69.8 Å². The number of carboxylic acids is 1. The van der Waals surface area contributed by atoms with Crippen LogP contribution in [0.2, 0.25) is 0 Å². The first-order valence-corrected chi connectivity index (χ1v) is 14.3. The Morgan fingerprint density at radius 1 is 1.11 bits per heavy atom. The minimum absolute atomic E-state index is 0.111. The highest BCUT2D eigenvalue weighted by atomic mass is 32.1. The molecule has 2 amide bonds. The fourth-order valence-corrected chi connectivity index (χ4v) is 6.46. The van der Waals surface area contributed by atoms with Gasteiger partial charge in [0.1, 0.15) is 11.6 Å². The molecule has 2 aliphatic rings. The van der Waals surface area contributed by atoms with Crippen molar-refractivity contribution in [3.05, 3.63) is 41.4 Å². The number of thiophene rings is 1. The van der Waals surface area contributed by atoms with Crippen molar-refractivity contribution in [2.75, 3.05) is 0 Å². The van der Waals surface area contributed by atoms with Gasteiger partial charge in [0.15, 0.2) is 0 Å². The fraction of sp³-hybridized carbons (Fsp3) is 0.556. The number of amides is 2. The zero-order chi connectivity index (χ0) is 25.5. The van der Waals surface area contributed by atoms with E-state index in [0.717, 1.165) is 41.8 Å². The Kier molecular flexibility index (Phi) is 9.06. The summed E-state index contributed by atoms with van der Waals surface area (Å²) >= 11 is 6.15. The van der Waals surface area contributed by atoms with Gasteiger partial charge in [0.2, 0.25) is 11.8 Å². The van der Waals surface area contributed by atoms with E-state index in [1.54, 1.807) is 17.5 Å². The molecule has 2 aromatic heterocycles. The third-order valence-corrected chi connectivity index (χ3v) is 8.82. The van der Waals surface area contributed by atoms with Crippen molar-refractivity contribution in [2.24, 2.45) is 5.92 Å². The zero-order valence-electron chi connectivity index (χ0n) is 20.4. The number of carbonyl (C=O) groups excluding carboxylic acids is 2. The minimum atomic E-state index is -1.12. The maximum Gasteiger partial charge on any atom is 0.326 e. The summed E-state index contributed by atoms with van der Waals surface area (Å²) in [5.41, 5.74) is 0.460. The zero-order valence-corrected chi connectivity index (χ0v) is 22.2. The van der Waals surface area contributed by atoms with Crippen LogP contribution in [-0.2, 0) is 20.8 Å². The summed E-state index contributed by atoms with van der Waals surface area (Å²) in [4.78, 5) is 44.0. The average molecular weight is 530 g/mol. The first-order chi connectivity index (χ1) is 17.4. The van der Waals surface area contributed by atoms with Crippen molar-refractivity contribution >= 4 is 41.7 Å². The van der Waals surface area contributed by atoms with Crippen molar-refractivity contribution in [3.63, 3.8) is 0 Å². The second-order valence-electron chi connectivity index (χ2n) is 10.1. The molecule has 2 unspecified atom stereocenters. The molecule has 3 N–H and O–H groups in total. The number of hydrogen-bond donors (Lipinski definition) is 4. The van der Waals surface area contributed by atoms with Gasteiger partial charge in [0.05, 0.1) is 15.8 Å². The highest BCUT2D eigenvalue weighted by molar-refractivity contribution is 7.81. The lowest BCUT2D eigenvalue weighted by molar-refractivity contribution is -0.143. The molecule has 2 saturated carbocycles. The predicted molar refractivity (Wildman–Crippen MR) is 144 cm³/mol. The van der Waals surface area contributed by atoms with E-state index in [1.165, 1.54) is 19.3 Å². The fourth-order valence-electron chi connectivity index (χ4n) is 5.40. The second kappa shape index (κ2) is 12.2. The quantitative estimate of drug-likeness (QED) is 0.336. The van der Waals surface area contributed by atoms with E-state index in [2.05, 4.69) is 28.2 Å². The van der Waals surface area contributed by atoms with Crippen LogP contribution in [0.4, 0.5) is 0 Å². The highest BCUT2D eigenvalue weighted by Crippen LogP contribution is 2.32. The summed E-state index contributed by atoms with van der Waals surface area (Å²) in [6.45, 7) is 0. The minimum Gasteiger partial charge on any atom is -0.480 e. The molecular formula is C27H35N3O4S2. The van der Waals surface area contributed by atoms with Crippen LogP contribution < -0.4 is 10.6 Å². The van der Waals surface area contributed by atoms with E-state index >= 15 is 0 Å². The highest BCUT2D eigenvalue weighted by Gasteiger charge is 2.44. The van der Waals surface area contributed by atoms with Gasteiger partial charge in [0, 0.05) is 12.6 Å². The Balaban J connectivity index is 1.39. The maximum atomic E-state index is 13.4. The summed E-state index contributed by atoms with van der Waals surface area (Å²) in [7, 11) is 0. The molecule has 2 aliphatic carbocycles.